The molecule has 0 aliphatic carbocycles. The maximum atomic E-state index is 11.9. The Bertz CT molecular complexity index is 430. The summed E-state index contributed by atoms with van der Waals surface area (Å²) < 4.78 is 0. The minimum Gasteiger partial charge on any atom is -0.316 e. The van der Waals surface area contributed by atoms with Crippen LogP contribution in [0, 0.1) is 5.92 Å². The second kappa shape index (κ2) is 6.01. The average molecular weight is 281 g/mol. The summed E-state index contributed by atoms with van der Waals surface area (Å²) in [6, 6.07) is 0. The maximum absolute atomic E-state index is 11.9. The molecule has 0 spiro atoms. The van der Waals surface area contributed by atoms with Gasteiger partial charge in [-0.25, -0.2) is 4.98 Å². The molecule has 1 unspecified atom stereocenters. The average Bonchev–Trinajstić information content (AvgIpc) is 2.95. The molecule has 1 saturated heterocycles. The first-order valence-corrected chi connectivity index (χ1v) is 7.79. The van der Waals surface area contributed by atoms with E-state index in [1.165, 1.54) is 17.8 Å². The summed E-state index contributed by atoms with van der Waals surface area (Å²) in [5.41, 5.74) is 1.07. The molecule has 1 aliphatic heterocycles. The van der Waals surface area contributed by atoms with E-state index in [1.807, 2.05) is 5.38 Å². The van der Waals surface area contributed by atoms with Gasteiger partial charge >= 0.3 is 0 Å². The summed E-state index contributed by atoms with van der Waals surface area (Å²) in [6.45, 7) is 8.52. The molecule has 1 aromatic rings. The molecule has 1 aliphatic rings. The molecule has 2 heterocycles. The number of thiazole rings is 1. The number of nitrogens with one attached hydrogen (secondary N) is 2. The lowest BCUT2D eigenvalue weighted by atomic mass is 9.93. The van der Waals surface area contributed by atoms with Crippen molar-refractivity contribution in [2.45, 2.75) is 45.4 Å². The summed E-state index contributed by atoms with van der Waals surface area (Å²) in [7, 11) is 0. The lowest BCUT2D eigenvalue weighted by Crippen LogP contribution is -2.16. The van der Waals surface area contributed by atoms with Crippen LogP contribution in [0.5, 0.6) is 0 Å². The van der Waals surface area contributed by atoms with Gasteiger partial charge in [-0.1, -0.05) is 20.8 Å². The van der Waals surface area contributed by atoms with Gasteiger partial charge in [0.2, 0.25) is 5.91 Å². The van der Waals surface area contributed by atoms with E-state index in [1.54, 1.807) is 0 Å². The molecule has 1 aromatic heterocycles. The van der Waals surface area contributed by atoms with Crippen LogP contribution in [0.4, 0.5) is 5.13 Å². The number of rotatable bonds is 4. The zero-order valence-electron chi connectivity index (χ0n) is 12.0. The van der Waals surface area contributed by atoms with E-state index in [2.05, 4.69) is 36.4 Å². The number of anilines is 1. The molecule has 1 fully saturated rings. The molecule has 4 nitrogen and oxygen atoms in total. The fourth-order valence-electron chi connectivity index (χ4n) is 2.15. The van der Waals surface area contributed by atoms with Crippen LogP contribution in [0.25, 0.3) is 0 Å². The lowest BCUT2D eigenvalue weighted by Gasteiger charge is -2.14. The normalized spacial score (nSPS) is 19.6. The van der Waals surface area contributed by atoms with Crippen LogP contribution < -0.4 is 10.6 Å². The van der Waals surface area contributed by atoms with Crippen molar-refractivity contribution in [2.75, 3.05) is 18.4 Å². The molecular weight excluding hydrogens is 258 g/mol. The van der Waals surface area contributed by atoms with Crippen molar-refractivity contribution in [2.24, 2.45) is 5.92 Å². The Morgan fingerprint density at radius 2 is 2.37 bits per heavy atom. The van der Waals surface area contributed by atoms with E-state index in [9.17, 15) is 4.79 Å². The second-order valence-electron chi connectivity index (χ2n) is 6.23. The number of aromatic nitrogens is 1. The SMILES string of the molecule is CC(C)(C)c1csc(NC(=O)CCC2CCNC2)n1. The van der Waals surface area contributed by atoms with Gasteiger partial charge in [-0.05, 0) is 31.8 Å². The minimum atomic E-state index is 0.0367. The summed E-state index contributed by atoms with van der Waals surface area (Å²) in [6.07, 6.45) is 2.76. The van der Waals surface area contributed by atoms with E-state index in [0.717, 1.165) is 30.3 Å². The molecule has 0 saturated carbocycles. The zero-order chi connectivity index (χ0) is 13.9. The first kappa shape index (κ1) is 14.5. The Kier molecular flexibility index (Phi) is 4.58. The predicted molar refractivity (Wildman–Crippen MR) is 79.7 cm³/mol. The standard InChI is InChI=1S/C14H23N3OS/c1-14(2,3)11-9-19-13(16-11)17-12(18)5-4-10-6-7-15-8-10/h9-10,15H,4-8H2,1-3H3,(H,16,17,18). The monoisotopic (exact) mass is 281 g/mol. The highest BCUT2D eigenvalue weighted by Crippen LogP contribution is 2.26. The molecule has 2 rings (SSSR count). The van der Waals surface area contributed by atoms with Crippen molar-refractivity contribution in [3.8, 4) is 0 Å². The third kappa shape index (κ3) is 4.28. The van der Waals surface area contributed by atoms with Crippen molar-refractivity contribution in [1.29, 1.82) is 0 Å². The van der Waals surface area contributed by atoms with Crippen molar-refractivity contribution in [3.63, 3.8) is 0 Å². The van der Waals surface area contributed by atoms with Crippen LogP contribution in [-0.2, 0) is 10.2 Å². The van der Waals surface area contributed by atoms with Gasteiger partial charge in [-0.2, -0.15) is 0 Å². The Balaban J connectivity index is 1.80. The number of nitrogens with zero attached hydrogens (tertiary/aromatic N) is 1. The third-order valence-electron chi connectivity index (χ3n) is 3.46. The van der Waals surface area contributed by atoms with Crippen LogP contribution >= 0.6 is 11.3 Å². The number of hydrogen-bond acceptors (Lipinski definition) is 4. The van der Waals surface area contributed by atoms with Gasteiger partial charge in [-0.15, -0.1) is 11.3 Å². The van der Waals surface area contributed by atoms with Crippen LogP contribution in [0.2, 0.25) is 0 Å². The first-order chi connectivity index (χ1) is 8.95. The molecule has 106 valence electrons. The Morgan fingerprint density at radius 3 is 2.95 bits per heavy atom. The molecule has 5 heteroatoms. The summed E-state index contributed by atoms with van der Waals surface area (Å²) in [5, 5.41) is 8.98. The molecular formula is C14H23N3OS. The number of amides is 1. The van der Waals surface area contributed by atoms with Gasteiger partial charge < -0.3 is 10.6 Å². The summed E-state index contributed by atoms with van der Waals surface area (Å²) in [5.74, 6) is 0.744. The largest absolute Gasteiger partial charge is 0.316 e. The van der Waals surface area contributed by atoms with E-state index in [4.69, 9.17) is 0 Å². The van der Waals surface area contributed by atoms with Crippen molar-refractivity contribution < 1.29 is 4.79 Å². The van der Waals surface area contributed by atoms with E-state index >= 15 is 0 Å². The molecule has 2 N–H and O–H groups in total. The summed E-state index contributed by atoms with van der Waals surface area (Å²) >= 11 is 1.51. The molecule has 0 radical (unpaired) electrons. The number of hydrogen-bond donors (Lipinski definition) is 2. The lowest BCUT2D eigenvalue weighted by molar-refractivity contribution is -0.116. The van der Waals surface area contributed by atoms with Gasteiger partial charge in [0, 0.05) is 17.2 Å². The summed E-state index contributed by atoms with van der Waals surface area (Å²) in [4.78, 5) is 16.3. The fourth-order valence-corrected chi connectivity index (χ4v) is 3.11. The van der Waals surface area contributed by atoms with E-state index in [0.29, 0.717) is 12.3 Å². The fraction of sp³-hybridized carbons (Fsp3) is 0.714. The molecule has 0 aromatic carbocycles. The Labute approximate surface area is 119 Å². The van der Waals surface area contributed by atoms with Gasteiger partial charge in [0.25, 0.3) is 0 Å². The quantitative estimate of drug-likeness (QED) is 0.892. The van der Waals surface area contributed by atoms with E-state index < -0.39 is 0 Å². The highest BCUT2D eigenvalue weighted by atomic mass is 32.1. The van der Waals surface area contributed by atoms with Gasteiger partial charge in [0.1, 0.15) is 0 Å². The van der Waals surface area contributed by atoms with Gasteiger partial charge in [-0.3, -0.25) is 4.79 Å². The first-order valence-electron chi connectivity index (χ1n) is 6.92. The molecule has 19 heavy (non-hydrogen) atoms. The smallest absolute Gasteiger partial charge is 0.226 e. The van der Waals surface area contributed by atoms with Crippen LogP contribution in [0.1, 0.15) is 45.7 Å². The van der Waals surface area contributed by atoms with Crippen molar-refractivity contribution in [1.82, 2.24) is 10.3 Å². The number of carbonyl (C=O) groups excluding carboxylic acids is 1. The highest BCUT2D eigenvalue weighted by molar-refractivity contribution is 7.13. The zero-order valence-corrected chi connectivity index (χ0v) is 12.8. The topological polar surface area (TPSA) is 54.0 Å². The van der Waals surface area contributed by atoms with Crippen molar-refractivity contribution >= 4 is 22.4 Å². The molecule has 0 bridgehead atoms. The molecule has 1 amide bonds. The van der Waals surface area contributed by atoms with Crippen LogP contribution in [-0.4, -0.2) is 24.0 Å². The van der Waals surface area contributed by atoms with Crippen LogP contribution in [0.3, 0.4) is 0 Å². The van der Waals surface area contributed by atoms with E-state index in [-0.39, 0.29) is 11.3 Å². The van der Waals surface area contributed by atoms with Gasteiger partial charge in [0.05, 0.1) is 5.69 Å². The third-order valence-corrected chi connectivity index (χ3v) is 4.22. The Morgan fingerprint density at radius 1 is 1.58 bits per heavy atom. The Hall–Kier alpha value is -0.940. The predicted octanol–water partition coefficient (Wildman–Crippen LogP) is 2.77. The maximum Gasteiger partial charge on any atom is 0.226 e. The molecule has 1 atom stereocenters. The minimum absolute atomic E-state index is 0.0367. The van der Waals surface area contributed by atoms with Crippen LogP contribution in [0.15, 0.2) is 5.38 Å². The van der Waals surface area contributed by atoms with Crippen molar-refractivity contribution in [3.05, 3.63) is 11.1 Å². The van der Waals surface area contributed by atoms with Gasteiger partial charge in [0.15, 0.2) is 5.13 Å². The highest BCUT2D eigenvalue weighted by Gasteiger charge is 2.19. The second-order valence-corrected chi connectivity index (χ2v) is 7.09. The number of carbonyl (C=O) groups is 1.